The van der Waals surface area contributed by atoms with Crippen LogP contribution in [0, 0.1) is 0 Å². The molecule has 0 bridgehead atoms. The molecule has 39 heavy (non-hydrogen) atoms. The minimum Gasteiger partial charge on any atom is -0.493 e. The molecule has 0 unspecified atom stereocenters. The molecule has 5 rings (SSSR count). The zero-order valence-corrected chi connectivity index (χ0v) is 22.6. The first kappa shape index (κ1) is 26.6. The number of nitrogens with zero attached hydrogens (tertiary/aromatic N) is 2. The van der Waals surface area contributed by atoms with Crippen LogP contribution in [0.25, 0.3) is 0 Å². The average molecular weight is 534 g/mol. The Balaban J connectivity index is 1.36. The Morgan fingerprint density at radius 2 is 1.74 bits per heavy atom. The number of piperidine rings is 1. The average Bonchev–Trinajstić information content (AvgIpc) is 3.47. The quantitative estimate of drug-likeness (QED) is 0.407. The van der Waals surface area contributed by atoms with Crippen molar-refractivity contribution in [1.29, 1.82) is 0 Å². The molecule has 1 spiro atoms. The second-order valence-corrected chi connectivity index (χ2v) is 9.94. The van der Waals surface area contributed by atoms with E-state index in [0.717, 1.165) is 37.1 Å². The van der Waals surface area contributed by atoms with Gasteiger partial charge in [0.05, 0.1) is 38.9 Å². The van der Waals surface area contributed by atoms with Gasteiger partial charge in [-0.15, -0.1) is 0 Å². The first-order valence-corrected chi connectivity index (χ1v) is 13.2. The summed E-state index contributed by atoms with van der Waals surface area (Å²) in [7, 11) is 4.50. The number of carbonyl (C=O) groups is 2. The van der Waals surface area contributed by atoms with Crippen molar-refractivity contribution in [1.82, 2.24) is 25.5 Å². The lowest BCUT2D eigenvalue weighted by Crippen LogP contribution is -2.58. The molecule has 1 saturated heterocycles. The van der Waals surface area contributed by atoms with Crippen LogP contribution in [0.4, 0.5) is 0 Å². The summed E-state index contributed by atoms with van der Waals surface area (Å²) in [5, 5.41) is 6.65. The number of imidazole rings is 1. The summed E-state index contributed by atoms with van der Waals surface area (Å²) in [5.41, 5.74) is 3.29. The second kappa shape index (κ2) is 11.4. The number of methoxy groups -OCH3 is 3. The van der Waals surface area contributed by atoms with E-state index >= 15 is 0 Å². The van der Waals surface area contributed by atoms with Crippen LogP contribution in [0.15, 0.2) is 48.8 Å². The fourth-order valence-electron chi connectivity index (χ4n) is 5.68. The zero-order chi connectivity index (χ0) is 27.4. The number of nitrogens with one attached hydrogen (secondary N) is 3. The van der Waals surface area contributed by atoms with E-state index in [4.69, 9.17) is 14.2 Å². The maximum atomic E-state index is 13.9. The maximum absolute atomic E-state index is 13.9. The third-order valence-corrected chi connectivity index (χ3v) is 7.75. The Morgan fingerprint density at radius 3 is 2.38 bits per heavy atom. The van der Waals surface area contributed by atoms with Gasteiger partial charge in [0.1, 0.15) is 6.04 Å². The Morgan fingerprint density at radius 1 is 1.05 bits per heavy atom. The lowest BCUT2D eigenvalue weighted by molar-refractivity contribution is -0.135. The molecule has 0 aliphatic carbocycles. The van der Waals surface area contributed by atoms with Gasteiger partial charge in [0.25, 0.3) is 5.91 Å². The number of aromatic nitrogens is 2. The standard InChI is InChI=1S/C29H35N5O5/c1-37-23-16-20(17-24(38-2)25(23)39-3)27(35)33-22(15-19-7-5-4-6-8-19)28(36)34-13-10-29(11-14-34)26-21(9-12-32-29)30-18-31-26/h4-8,16-18,22,32H,9-15H2,1-3H3,(H,30,31)(H,33,35)/t22-/m0/s1. The fourth-order valence-corrected chi connectivity index (χ4v) is 5.68. The van der Waals surface area contributed by atoms with E-state index in [0.29, 0.717) is 42.3 Å². The van der Waals surface area contributed by atoms with Gasteiger partial charge in [-0.1, -0.05) is 30.3 Å². The lowest BCUT2D eigenvalue weighted by atomic mass is 9.80. The van der Waals surface area contributed by atoms with Crippen LogP contribution in [0.1, 0.15) is 40.2 Å². The summed E-state index contributed by atoms with van der Waals surface area (Å²) in [6.45, 7) is 2.03. The first-order valence-electron chi connectivity index (χ1n) is 13.2. The Hall–Kier alpha value is -4.05. The molecule has 1 aromatic heterocycles. The number of hydrogen-bond donors (Lipinski definition) is 3. The van der Waals surface area contributed by atoms with Crippen LogP contribution < -0.4 is 24.8 Å². The molecule has 206 valence electrons. The molecule has 2 amide bonds. The van der Waals surface area contributed by atoms with Crippen LogP contribution in [-0.4, -0.2) is 73.7 Å². The van der Waals surface area contributed by atoms with Crippen LogP contribution >= 0.6 is 0 Å². The van der Waals surface area contributed by atoms with E-state index in [1.807, 2.05) is 35.2 Å². The second-order valence-electron chi connectivity index (χ2n) is 9.94. The molecule has 2 aromatic carbocycles. The summed E-state index contributed by atoms with van der Waals surface area (Å²) in [4.78, 5) is 37.1. The minimum absolute atomic E-state index is 0.104. The molecule has 10 nitrogen and oxygen atoms in total. The zero-order valence-electron chi connectivity index (χ0n) is 22.6. The van der Waals surface area contributed by atoms with E-state index in [1.54, 1.807) is 18.5 Å². The Kier molecular flexibility index (Phi) is 7.74. The van der Waals surface area contributed by atoms with Gasteiger partial charge >= 0.3 is 0 Å². The van der Waals surface area contributed by atoms with Crippen LogP contribution in [0.5, 0.6) is 17.2 Å². The van der Waals surface area contributed by atoms with Gasteiger partial charge in [0.2, 0.25) is 11.7 Å². The van der Waals surface area contributed by atoms with E-state index in [1.165, 1.54) is 27.0 Å². The summed E-state index contributed by atoms with van der Waals surface area (Å²) >= 11 is 0. The number of amides is 2. The van der Waals surface area contributed by atoms with E-state index in [2.05, 4.69) is 20.6 Å². The predicted octanol–water partition coefficient (Wildman–Crippen LogP) is 2.44. The predicted molar refractivity (Wildman–Crippen MR) is 145 cm³/mol. The number of carbonyl (C=O) groups excluding carboxylic acids is 2. The van der Waals surface area contributed by atoms with Gasteiger partial charge in [-0.3, -0.25) is 9.59 Å². The molecule has 10 heteroatoms. The van der Waals surface area contributed by atoms with Crippen molar-refractivity contribution in [3.8, 4) is 17.2 Å². The number of aromatic amines is 1. The molecule has 1 fully saturated rings. The van der Waals surface area contributed by atoms with Crippen molar-refractivity contribution in [2.75, 3.05) is 41.0 Å². The number of rotatable bonds is 8. The third-order valence-electron chi connectivity index (χ3n) is 7.75. The molecule has 3 N–H and O–H groups in total. The van der Waals surface area contributed by atoms with Crippen molar-refractivity contribution >= 4 is 11.8 Å². The third kappa shape index (κ3) is 5.29. The van der Waals surface area contributed by atoms with E-state index in [9.17, 15) is 9.59 Å². The molecule has 1 atom stereocenters. The smallest absolute Gasteiger partial charge is 0.252 e. The molecular formula is C29H35N5O5. The van der Waals surface area contributed by atoms with Crippen molar-refractivity contribution < 1.29 is 23.8 Å². The van der Waals surface area contributed by atoms with Gasteiger partial charge < -0.3 is 34.7 Å². The Labute approximate surface area is 228 Å². The van der Waals surface area contributed by atoms with Crippen LogP contribution in [0.3, 0.4) is 0 Å². The maximum Gasteiger partial charge on any atom is 0.252 e. The fraction of sp³-hybridized carbons (Fsp3) is 0.414. The van der Waals surface area contributed by atoms with E-state index < -0.39 is 11.9 Å². The Bertz CT molecular complexity index is 1290. The summed E-state index contributed by atoms with van der Waals surface area (Å²) in [6, 6.07) is 12.1. The van der Waals surface area contributed by atoms with Gasteiger partial charge in [-0.25, -0.2) is 4.98 Å². The number of hydrogen-bond acceptors (Lipinski definition) is 7. The number of ether oxygens (including phenoxy) is 3. The number of likely N-dealkylation sites (tertiary alicyclic amines) is 1. The number of H-pyrrole nitrogens is 1. The summed E-state index contributed by atoms with van der Waals surface area (Å²) in [5.74, 6) is 0.630. The van der Waals surface area contributed by atoms with Crippen molar-refractivity contribution in [2.24, 2.45) is 0 Å². The highest BCUT2D eigenvalue weighted by Crippen LogP contribution is 2.38. The van der Waals surface area contributed by atoms with Crippen molar-refractivity contribution in [3.63, 3.8) is 0 Å². The van der Waals surface area contributed by atoms with Gasteiger partial charge in [-0.2, -0.15) is 0 Å². The molecule has 2 aliphatic heterocycles. The van der Waals surface area contributed by atoms with Gasteiger partial charge in [0.15, 0.2) is 11.5 Å². The van der Waals surface area contributed by atoms with Gasteiger partial charge in [-0.05, 0) is 30.5 Å². The van der Waals surface area contributed by atoms with Gasteiger partial charge in [0, 0.05) is 43.7 Å². The molecule has 2 aliphatic rings. The van der Waals surface area contributed by atoms with Crippen molar-refractivity contribution in [2.45, 2.75) is 37.3 Å². The number of fused-ring (bicyclic) bond motifs is 2. The monoisotopic (exact) mass is 533 g/mol. The van der Waals surface area contributed by atoms with E-state index in [-0.39, 0.29) is 11.4 Å². The van der Waals surface area contributed by atoms with Crippen LogP contribution in [-0.2, 0) is 23.2 Å². The first-order chi connectivity index (χ1) is 19.0. The molecule has 3 heterocycles. The molecule has 3 aromatic rings. The molecule has 0 saturated carbocycles. The topological polar surface area (TPSA) is 118 Å². The SMILES string of the molecule is COc1cc(C(=O)N[C@@H](Cc2ccccc2)C(=O)N2CCC3(CC2)NCCc2[nH]cnc23)cc(OC)c1OC. The highest BCUT2D eigenvalue weighted by atomic mass is 16.5. The summed E-state index contributed by atoms with van der Waals surface area (Å²) in [6.07, 6.45) is 4.57. The summed E-state index contributed by atoms with van der Waals surface area (Å²) < 4.78 is 16.2. The highest BCUT2D eigenvalue weighted by molar-refractivity contribution is 5.98. The lowest BCUT2D eigenvalue weighted by Gasteiger charge is -2.44. The van der Waals surface area contributed by atoms with Crippen LogP contribution in [0.2, 0.25) is 0 Å². The number of benzene rings is 2. The highest BCUT2D eigenvalue weighted by Gasteiger charge is 2.43. The molecule has 0 radical (unpaired) electrons. The molecular weight excluding hydrogens is 498 g/mol. The minimum atomic E-state index is -0.742. The normalized spacial score (nSPS) is 16.7. The van der Waals surface area contributed by atoms with Crippen molar-refractivity contribution in [3.05, 3.63) is 71.3 Å². The largest absolute Gasteiger partial charge is 0.493 e.